The van der Waals surface area contributed by atoms with Gasteiger partial charge in [-0.1, -0.05) is 33.1 Å². The van der Waals surface area contributed by atoms with Crippen LogP contribution in [0, 0.1) is 5.92 Å². The molecule has 72 valence electrons. The molecule has 1 nitrogen and oxygen atoms in total. The van der Waals surface area contributed by atoms with E-state index < -0.39 is 0 Å². The van der Waals surface area contributed by atoms with Gasteiger partial charge in [0.05, 0.1) is 0 Å². The Balaban J connectivity index is 2.29. The average molecular weight is 169 g/mol. The number of piperidine rings is 1. The molecule has 0 aromatic heterocycles. The lowest BCUT2D eigenvalue weighted by atomic mass is 9.87. The predicted octanol–water partition coefficient (Wildman–Crippen LogP) is 2.95. The van der Waals surface area contributed by atoms with Crippen molar-refractivity contribution in [3.8, 4) is 0 Å². The molecule has 1 aliphatic rings. The lowest BCUT2D eigenvalue weighted by Crippen LogP contribution is -2.39. The molecule has 0 spiro atoms. The quantitative estimate of drug-likeness (QED) is 0.682. The maximum Gasteiger partial charge on any atom is 0.00952 e. The van der Waals surface area contributed by atoms with E-state index in [1.165, 1.54) is 45.1 Å². The van der Waals surface area contributed by atoms with E-state index in [1.54, 1.807) is 0 Å². The molecule has 0 amide bonds. The fraction of sp³-hybridized carbons (Fsp3) is 1.00. The Kier molecular flexibility index (Phi) is 4.67. The van der Waals surface area contributed by atoms with Crippen LogP contribution >= 0.6 is 0 Å². The highest BCUT2D eigenvalue weighted by Crippen LogP contribution is 2.21. The first-order chi connectivity index (χ1) is 5.88. The molecule has 0 aromatic rings. The molecular formula is C11H23N. The zero-order valence-corrected chi connectivity index (χ0v) is 8.60. The first kappa shape index (κ1) is 10.0. The second-order valence-electron chi connectivity index (χ2n) is 4.01. The summed E-state index contributed by atoms with van der Waals surface area (Å²) < 4.78 is 0. The van der Waals surface area contributed by atoms with Crippen LogP contribution in [-0.4, -0.2) is 12.6 Å². The molecule has 1 rings (SSSR count). The monoisotopic (exact) mass is 169 g/mol. The maximum absolute atomic E-state index is 3.65. The van der Waals surface area contributed by atoms with Crippen LogP contribution in [0.4, 0.5) is 0 Å². The number of hydrogen-bond donors (Lipinski definition) is 1. The molecule has 1 heteroatoms. The number of hydrogen-bond acceptors (Lipinski definition) is 1. The van der Waals surface area contributed by atoms with Gasteiger partial charge in [0, 0.05) is 6.04 Å². The topological polar surface area (TPSA) is 12.0 Å². The van der Waals surface area contributed by atoms with Crippen molar-refractivity contribution in [3.05, 3.63) is 0 Å². The Hall–Kier alpha value is -0.0400. The van der Waals surface area contributed by atoms with Crippen molar-refractivity contribution in [2.24, 2.45) is 5.92 Å². The highest BCUT2D eigenvalue weighted by Gasteiger charge is 2.20. The zero-order chi connectivity index (χ0) is 8.81. The first-order valence-electron chi connectivity index (χ1n) is 5.61. The largest absolute Gasteiger partial charge is 0.314 e. The predicted molar refractivity (Wildman–Crippen MR) is 54.3 cm³/mol. The molecule has 2 unspecified atom stereocenters. The maximum atomic E-state index is 3.65. The van der Waals surface area contributed by atoms with Crippen molar-refractivity contribution in [1.29, 1.82) is 0 Å². The highest BCUT2D eigenvalue weighted by atomic mass is 14.9. The number of rotatable bonds is 4. The molecule has 12 heavy (non-hydrogen) atoms. The van der Waals surface area contributed by atoms with Gasteiger partial charge in [0.1, 0.15) is 0 Å². The smallest absolute Gasteiger partial charge is 0.00952 e. The molecule has 0 radical (unpaired) electrons. The van der Waals surface area contributed by atoms with Gasteiger partial charge in [0.25, 0.3) is 0 Å². The van der Waals surface area contributed by atoms with E-state index in [0.717, 1.165) is 12.0 Å². The second kappa shape index (κ2) is 5.58. The Labute approximate surface area is 76.9 Å². The van der Waals surface area contributed by atoms with Crippen LogP contribution in [0.3, 0.4) is 0 Å². The van der Waals surface area contributed by atoms with Gasteiger partial charge >= 0.3 is 0 Å². The summed E-state index contributed by atoms with van der Waals surface area (Å²) in [5.74, 6) is 0.940. The third-order valence-electron chi connectivity index (χ3n) is 3.10. The number of nitrogens with one attached hydrogen (secondary N) is 1. The minimum Gasteiger partial charge on any atom is -0.314 e. The van der Waals surface area contributed by atoms with Crippen LogP contribution in [0.15, 0.2) is 0 Å². The van der Waals surface area contributed by atoms with Crippen LogP contribution < -0.4 is 5.32 Å². The summed E-state index contributed by atoms with van der Waals surface area (Å²) in [6.07, 6.45) is 8.35. The summed E-state index contributed by atoms with van der Waals surface area (Å²) in [7, 11) is 0. The fourth-order valence-corrected chi connectivity index (χ4v) is 2.34. The van der Waals surface area contributed by atoms with Crippen LogP contribution in [0.1, 0.15) is 52.4 Å². The molecular weight excluding hydrogens is 146 g/mol. The first-order valence-corrected chi connectivity index (χ1v) is 5.61. The summed E-state index contributed by atoms with van der Waals surface area (Å²) in [5, 5.41) is 3.65. The molecule has 1 N–H and O–H groups in total. The van der Waals surface area contributed by atoms with Crippen LogP contribution in [0.5, 0.6) is 0 Å². The van der Waals surface area contributed by atoms with E-state index >= 15 is 0 Å². The summed E-state index contributed by atoms with van der Waals surface area (Å²) in [6.45, 7) is 5.88. The van der Waals surface area contributed by atoms with Crippen LogP contribution in [-0.2, 0) is 0 Å². The van der Waals surface area contributed by atoms with Crippen molar-refractivity contribution in [2.45, 2.75) is 58.4 Å². The third-order valence-corrected chi connectivity index (χ3v) is 3.10. The summed E-state index contributed by atoms with van der Waals surface area (Å²) >= 11 is 0. The Morgan fingerprint density at radius 2 is 2.17 bits per heavy atom. The zero-order valence-electron chi connectivity index (χ0n) is 8.60. The van der Waals surface area contributed by atoms with Gasteiger partial charge in [0.15, 0.2) is 0 Å². The summed E-state index contributed by atoms with van der Waals surface area (Å²) in [4.78, 5) is 0. The fourth-order valence-electron chi connectivity index (χ4n) is 2.34. The average Bonchev–Trinajstić information content (AvgIpc) is 2.15. The Bertz CT molecular complexity index is 103. The van der Waals surface area contributed by atoms with Gasteiger partial charge in [-0.3, -0.25) is 0 Å². The van der Waals surface area contributed by atoms with Crippen molar-refractivity contribution in [2.75, 3.05) is 6.54 Å². The lowest BCUT2D eigenvalue weighted by molar-refractivity contribution is 0.273. The lowest BCUT2D eigenvalue weighted by Gasteiger charge is -2.30. The summed E-state index contributed by atoms with van der Waals surface area (Å²) in [6, 6.07) is 0.837. The molecule has 0 aliphatic carbocycles. The van der Waals surface area contributed by atoms with Crippen molar-refractivity contribution < 1.29 is 0 Å². The SMILES string of the molecule is CCCC(CC)C1CCCCN1. The molecule has 0 bridgehead atoms. The van der Waals surface area contributed by atoms with Gasteiger partial charge in [-0.25, -0.2) is 0 Å². The van der Waals surface area contributed by atoms with E-state index in [-0.39, 0.29) is 0 Å². The molecule has 1 aliphatic heterocycles. The third kappa shape index (κ3) is 2.78. The van der Waals surface area contributed by atoms with Crippen LogP contribution in [0.25, 0.3) is 0 Å². The second-order valence-corrected chi connectivity index (χ2v) is 4.01. The highest BCUT2D eigenvalue weighted by molar-refractivity contribution is 4.78. The van der Waals surface area contributed by atoms with Crippen molar-refractivity contribution >= 4 is 0 Å². The molecule has 2 atom stereocenters. The van der Waals surface area contributed by atoms with Crippen molar-refractivity contribution in [1.82, 2.24) is 5.32 Å². The molecule has 1 saturated heterocycles. The van der Waals surface area contributed by atoms with Gasteiger partial charge in [-0.05, 0) is 31.7 Å². The van der Waals surface area contributed by atoms with Gasteiger partial charge in [-0.15, -0.1) is 0 Å². The van der Waals surface area contributed by atoms with E-state index in [4.69, 9.17) is 0 Å². The molecule has 1 fully saturated rings. The van der Waals surface area contributed by atoms with E-state index in [1.807, 2.05) is 0 Å². The molecule has 1 heterocycles. The Morgan fingerprint density at radius 1 is 1.33 bits per heavy atom. The van der Waals surface area contributed by atoms with E-state index in [9.17, 15) is 0 Å². The minimum absolute atomic E-state index is 0.837. The van der Waals surface area contributed by atoms with Gasteiger partial charge < -0.3 is 5.32 Å². The van der Waals surface area contributed by atoms with Crippen LogP contribution in [0.2, 0.25) is 0 Å². The van der Waals surface area contributed by atoms with E-state index in [0.29, 0.717) is 0 Å². The minimum atomic E-state index is 0.837. The Morgan fingerprint density at radius 3 is 2.67 bits per heavy atom. The summed E-state index contributed by atoms with van der Waals surface area (Å²) in [5.41, 5.74) is 0. The van der Waals surface area contributed by atoms with E-state index in [2.05, 4.69) is 19.2 Å². The van der Waals surface area contributed by atoms with Crippen molar-refractivity contribution in [3.63, 3.8) is 0 Å². The molecule has 0 aromatic carbocycles. The van der Waals surface area contributed by atoms with Gasteiger partial charge in [0.2, 0.25) is 0 Å². The molecule has 0 saturated carbocycles. The standard InChI is InChI=1S/C11H23N/c1-3-7-10(4-2)11-8-5-6-9-12-11/h10-12H,3-9H2,1-2H3. The normalized spacial score (nSPS) is 27.0. The van der Waals surface area contributed by atoms with Gasteiger partial charge in [-0.2, -0.15) is 0 Å².